The molecule has 1 fully saturated rings. The Morgan fingerprint density at radius 1 is 1.12 bits per heavy atom. The lowest BCUT2D eigenvalue weighted by Gasteiger charge is -2.45. The van der Waals surface area contributed by atoms with Gasteiger partial charge in [0.15, 0.2) is 0 Å². The molecule has 0 aromatic carbocycles. The number of hydrogen-bond acceptors (Lipinski definition) is 0. The van der Waals surface area contributed by atoms with Gasteiger partial charge in [0.2, 0.25) is 0 Å². The maximum Gasteiger partial charge on any atom is -0.0357 e. The van der Waals surface area contributed by atoms with Gasteiger partial charge in [0.1, 0.15) is 0 Å². The van der Waals surface area contributed by atoms with E-state index >= 15 is 0 Å². The van der Waals surface area contributed by atoms with Gasteiger partial charge in [-0.3, -0.25) is 0 Å². The van der Waals surface area contributed by atoms with Crippen molar-refractivity contribution in [3.63, 3.8) is 0 Å². The summed E-state index contributed by atoms with van der Waals surface area (Å²) in [6, 6.07) is 0. The van der Waals surface area contributed by atoms with Crippen LogP contribution in [-0.4, -0.2) is 0 Å². The summed E-state index contributed by atoms with van der Waals surface area (Å²) in [5.41, 5.74) is 0. The second kappa shape index (κ2) is 7.35. The van der Waals surface area contributed by atoms with Gasteiger partial charge in [-0.1, -0.05) is 66.2 Å². The van der Waals surface area contributed by atoms with Crippen molar-refractivity contribution in [1.82, 2.24) is 0 Å². The quantitative estimate of drug-likeness (QED) is 0.498. The molecular weight excluding hydrogens is 192 g/mol. The van der Waals surface area contributed by atoms with Crippen LogP contribution in [0.5, 0.6) is 0 Å². The van der Waals surface area contributed by atoms with Crippen LogP contribution in [0.1, 0.15) is 79.1 Å². The van der Waals surface area contributed by atoms with Crippen molar-refractivity contribution >= 4 is 0 Å². The topological polar surface area (TPSA) is 0 Å². The summed E-state index contributed by atoms with van der Waals surface area (Å²) < 4.78 is 0. The summed E-state index contributed by atoms with van der Waals surface area (Å²) in [7, 11) is 0. The molecular formula is C16H32. The Morgan fingerprint density at radius 3 is 2.38 bits per heavy atom. The minimum atomic E-state index is 0.969. The minimum absolute atomic E-state index is 0.969. The highest BCUT2D eigenvalue weighted by molar-refractivity contribution is 4.87. The molecule has 0 saturated heterocycles. The van der Waals surface area contributed by atoms with E-state index < -0.39 is 0 Å². The lowest BCUT2D eigenvalue weighted by atomic mass is 9.61. The van der Waals surface area contributed by atoms with Gasteiger partial charge in [-0.15, -0.1) is 0 Å². The normalized spacial score (nSPS) is 31.1. The second-order valence-corrected chi connectivity index (χ2v) is 6.26. The summed E-state index contributed by atoms with van der Waals surface area (Å²) >= 11 is 0. The van der Waals surface area contributed by atoms with Crippen LogP contribution in [0.2, 0.25) is 0 Å². The summed E-state index contributed by atoms with van der Waals surface area (Å²) in [6.07, 6.45) is 11.6. The first kappa shape index (κ1) is 14.1. The Hall–Kier alpha value is 0. The summed E-state index contributed by atoms with van der Waals surface area (Å²) in [5.74, 6) is 4.14. The molecule has 0 bridgehead atoms. The van der Waals surface area contributed by atoms with E-state index in [9.17, 15) is 0 Å². The number of hydrogen-bond donors (Lipinski definition) is 0. The molecule has 4 unspecified atom stereocenters. The molecule has 1 rings (SSSR count). The van der Waals surface area contributed by atoms with Crippen LogP contribution in [-0.2, 0) is 0 Å². The predicted molar refractivity (Wildman–Crippen MR) is 73.6 cm³/mol. The molecule has 0 aliphatic heterocycles. The average Bonchev–Trinajstić information content (AvgIpc) is 2.28. The molecule has 1 saturated carbocycles. The van der Waals surface area contributed by atoms with Crippen LogP contribution in [0.3, 0.4) is 0 Å². The van der Waals surface area contributed by atoms with Crippen molar-refractivity contribution in [3.05, 3.63) is 0 Å². The molecule has 0 N–H and O–H groups in total. The molecule has 0 aromatic rings. The lowest BCUT2D eigenvalue weighted by Crippen LogP contribution is -2.36. The van der Waals surface area contributed by atoms with Gasteiger partial charge >= 0.3 is 0 Å². The molecule has 0 nitrogen and oxygen atoms in total. The molecule has 0 heterocycles. The predicted octanol–water partition coefficient (Wildman–Crippen LogP) is 5.67. The van der Waals surface area contributed by atoms with E-state index in [1.54, 1.807) is 0 Å². The van der Waals surface area contributed by atoms with Crippen LogP contribution in [0.25, 0.3) is 0 Å². The molecule has 0 aromatic heterocycles. The minimum Gasteiger partial charge on any atom is -0.0654 e. The number of unbranched alkanes of at least 4 members (excludes halogenated alkanes) is 2. The van der Waals surface area contributed by atoms with Crippen LogP contribution in [0.4, 0.5) is 0 Å². The molecule has 1 aliphatic carbocycles. The van der Waals surface area contributed by atoms with Gasteiger partial charge in [-0.2, -0.15) is 0 Å². The van der Waals surface area contributed by atoms with Crippen LogP contribution >= 0.6 is 0 Å². The van der Waals surface area contributed by atoms with Gasteiger partial charge in [0.25, 0.3) is 0 Å². The van der Waals surface area contributed by atoms with Crippen molar-refractivity contribution in [3.8, 4) is 0 Å². The Kier molecular flexibility index (Phi) is 6.46. The van der Waals surface area contributed by atoms with E-state index in [4.69, 9.17) is 0 Å². The zero-order chi connectivity index (χ0) is 12.0. The fraction of sp³-hybridized carbons (Fsp3) is 1.00. The highest BCUT2D eigenvalue weighted by Crippen LogP contribution is 2.46. The Labute approximate surface area is 103 Å². The Balaban J connectivity index is 2.22. The van der Waals surface area contributed by atoms with Gasteiger partial charge in [0, 0.05) is 0 Å². The van der Waals surface area contributed by atoms with E-state index in [0.29, 0.717) is 0 Å². The zero-order valence-electron chi connectivity index (χ0n) is 12.0. The van der Waals surface area contributed by atoms with Crippen molar-refractivity contribution in [2.75, 3.05) is 0 Å². The second-order valence-electron chi connectivity index (χ2n) is 6.26. The third-order valence-corrected chi connectivity index (χ3v) is 4.66. The largest absolute Gasteiger partial charge is 0.0654 e. The number of rotatable bonds is 8. The van der Waals surface area contributed by atoms with Crippen molar-refractivity contribution in [1.29, 1.82) is 0 Å². The average molecular weight is 224 g/mol. The van der Waals surface area contributed by atoms with E-state index in [1.807, 2.05) is 0 Å². The maximum atomic E-state index is 2.47. The maximum absolute atomic E-state index is 2.47. The zero-order valence-corrected chi connectivity index (χ0v) is 12.0. The van der Waals surface area contributed by atoms with Crippen molar-refractivity contribution < 1.29 is 0 Å². The molecule has 96 valence electrons. The molecule has 16 heavy (non-hydrogen) atoms. The Bertz CT molecular complexity index is 173. The fourth-order valence-electron chi connectivity index (χ4n) is 3.45. The first-order chi connectivity index (χ1) is 7.69. The molecule has 0 radical (unpaired) electrons. The van der Waals surface area contributed by atoms with E-state index in [0.717, 1.165) is 23.7 Å². The summed E-state index contributed by atoms with van der Waals surface area (Å²) in [5, 5.41) is 0. The van der Waals surface area contributed by atoms with Crippen LogP contribution in [0.15, 0.2) is 0 Å². The monoisotopic (exact) mass is 224 g/mol. The van der Waals surface area contributed by atoms with Crippen molar-refractivity contribution in [2.24, 2.45) is 23.7 Å². The molecule has 0 amide bonds. The SMILES string of the molecule is CCCCC(C)CC1C(C)CC1CCCC. The molecule has 0 spiro atoms. The van der Waals surface area contributed by atoms with Gasteiger partial charge in [-0.25, -0.2) is 0 Å². The first-order valence-electron chi connectivity index (χ1n) is 7.69. The highest BCUT2D eigenvalue weighted by Gasteiger charge is 2.37. The molecule has 0 heteroatoms. The van der Waals surface area contributed by atoms with Crippen LogP contribution in [0, 0.1) is 23.7 Å². The van der Waals surface area contributed by atoms with Crippen LogP contribution < -0.4 is 0 Å². The lowest BCUT2D eigenvalue weighted by molar-refractivity contribution is 0.0533. The third kappa shape index (κ3) is 4.11. The molecule has 1 aliphatic rings. The van der Waals surface area contributed by atoms with Gasteiger partial charge < -0.3 is 0 Å². The van der Waals surface area contributed by atoms with Gasteiger partial charge in [0.05, 0.1) is 0 Å². The van der Waals surface area contributed by atoms with E-state index in [2.05, 4.69) is 27.7 Å². The standard InChI is InChI=1S/C16H32/c1-5-7-9-13(3)11-16-14(4)12-15(16)10-8-6-2/h13-16H,5-12H2,1-4H3. The smallest absolute Gasteiger partial charge is 0.0357 e. The van der Waals surface area contributed by atoms with E-state index in [1.165, 1.54) is 51.4 Å². The fourth-order valence-corrected chi connectivity index (χ4v) is 3.45. The summed E-state index contributed by atoms with van der Waals surface area (Å²) in [6.45, 7) is 9.57. The summed E-state index contributed by atoms with van der Waals surface area (Å²) in [4.78, 5) is 0. The first-order valence-corrected chi connectivity index (χ1v) is 7.69. The van der Waals surface area contributed by atoms with Crippen molar-refractivity contribution in [2.45, 2.75) is 79.1 Å². The highest BCUT2D eigenvalue weighted by atomic mass is 14.4. The van der Waals surface area contributed by atoms with Gasteiger partial charge in [-0.05, 0) is 36.5 Å². The van der Waals surface area contributed by atoms with E-state index in [-0.39, 0.29) is 0 Å². The Morgan fingerprint density at radius 2 is 1.81 bits per heavy atom. The molecule has 4 atom stereocenters. The third-order valence-electron chi connectivity index (χ3n) is 4.66.